The largest absolute Gasteiger partial charge is 2.00 e. The maximum absolute atomic E-state index is 2.00. The van der Waals surface area contributed by atoms with Gasteiger partial charge < -0.3 is 14.9 Å². The van der Waals surface area contributed by atoms with Gasteiger partial charge in [0.15, 0.2) is 13.3 Å². The van der Waals surface area contributed by atoms with E-state index in [9.17, 15) is 0 Å². The van der Waals surface area contributed by atoms with Crippen LogP contribution in [0.25, 0.3) is 0 Å². The van der Waals surface area contributed by atoms with Crippen LogP contribution >= 0.6 is 0 Å². The smallest absolute Gasteiger partial charge is 0.358 e. The van der Waals surface area contributed by atoms with Gasteiger partial charge in [-0.15, -0.1) is 9.80 Å². The fourth-order valence-corrected chi connectivity index (χ4v) is 1.44. The minimum atomic E-state index is 0. The fourth-order valence-electron chi connectivity index (χ4n) is 1.44. The van der Waals surface area contributed by atoms with Crippen LogP contribution in [0.4, 0.5) is 0 Å². The van der Waals surface area contributed by atoms with E-state index >= 15 is 0 Å². The van der Waals surface area contributed by atoms with Crippen molar-refractivity contribution in [3.8, 4) is 0 Å². The number of hydrogen-bond donors (Lipinski definition) is 0. The summed E-state index contributed by atoms with van der Waals surface area (Å²) in [5.41, 5.74) is 0. The Morgan fingerprint density at radius 1 is 0.632 bits per heavy atom. The minimum absolute atomic E-state index is 0. The Balaban J connectivity index is -0.000000233. The molecule has 0 spiro atoms. The molecule has 0 aromatic rings. The standard InChI is InChI=1S/2C5H11N3.2CH3.Ni/c2*1-6-4-7(2)8(3)5-6;;;/h2*4-5H,1-3H3;2*1H3;/q2*+1;2*-1;+2. The van der Waals surface area contributed by atoms with Crippen LogP contribution in [-0.4, -0.2) is 72.1 Å². The van der Waals surface area contributed by atoms with Crippen LogP contribution in [0.3, 0.4) is 0 Å². The SMILES string of the molecule is CN1[CH]N(C)N(C)[CH+]1.CN1[CH]N(C)N(C)[CH+]1.[CH3-].[CH3-].[Ni+2]. The minimum Gasteiger partial charge on any atom is -0.358 e. The molecule has 0 saturated carbocycles. The van der Waals surface area contributed by atoms with Crippen molar-refractivity contribution in [3.63, 3.8) is 0 Å². The molecule has 7 heteroatoms. The molecular formula is C12H28N6Ni+2. The molecule has 0 amide bonds. The third-order valence-electron chi connectivity index (χ3n) is 2.39. The quantitative estimate of drug-likeness (QED) is 0.483. The predicted molar refractivity (Wildman–Crippen MR) is 76.6 cm³/mol. The van der Waals surface area contributed by atoms with E-state index in [1.54, 1.807) is 0 Å². The summed E-state index contributed by atoms with van der Waals surface area (Å²) in [5, 5.41) is 8.00. The molecule has 2 saturated heterocycles. The second kappa shape index (κ2) is 10.7. The van der Waals surface area contributed by atoms with Crippen molar-refractivity contribution in [3.05, 3.63) is 41.5 Å². The van der Waals surface area contributed by atoms with Gasteiger partial charge >= 0.3 is 16.5 Å². The van der Waals surface area contributed by atoms with Gasteiger partial charge in [-0.3, -0.25) is 0 Å². The van der Waals surface area contributed by atoms with Crippen LogP contribution in [0, 0.1) is 41.5 Å². The zero-order valence-corrected chi connectivity index (χ0v) is 14.3. The Labute approximate surface area is 130 Å². The van der Waals surface area contributed by atoms with Crippen LogP contribution in [0.2, 0.25) is 0 Å². The average molecular weight is 315 g/mol. The summed E-state index contributed by atoms with van der Waals surface area (Å²) in [6.07, 6.45) is 0. The molecule has 0 unspecified atom stereocenters. The van der Waals surface area contributed by atoms with Gasteiger partial charge in [0.25, 0.3) is 13.3 Å². The Kier molecular flexibility index (Phi) is 13.6. The monoisotopic (exact) mass is 314 g/mol. The Bertz CT molecular complexity index is 176. The average Bonchev–Trinajstić information content (AvgIpc) is 2.58. The molecule has 0 aromatic heterocycles. The van der Waals surface area contributed by atoms with Crippen molar-refractivity contribution in [1.29, 1.82) is 0 Å². The zero-order valence-electron chi connectivity index (χ0n) is 13.3. The molecule has 0 bridgehead atoms. The summed E-state index contributed by atoms with van der Waals surface area (Å²) in [6, 6.07) is 0. The molecule has 2 rings (SSSR count). The molecule has 2 fully saturated rings. The summed E-state index contributed by atoms with van der Waals surface area (Å²) in [5.74, 6) is 0. The molecule has 0 aromatic carbocycles. The zero-order chi connectivity index (χ0) is 12.3. The van der Waals surface area contributed by atoms with Crippen molar-refractivity contribution in [2.75, 3.05) is 42.3 Å². The first kappa shape index (κ1) is 24.0. The maximum Gasteiger partial charge on any atom is 2.00 e. The van der Waals surface area contributed by atoms with Crippen LogP contribution in [-0.2, 0) is 16.5 Å². The van der Waals surface area contributed by atoms with Gasteiger partial charge in [0.2, 0.25) is 0 Å². The maximum atomic E-state index is 2.00. The molecule has 2 heterocycles. The van der Waals surface area contributed by atoms with Crippen molar-refractivity contribution in [2.24, 2.45) is 0 Å². The van der Waals surface area contributed by atoms with Crippen LogP contribution in [0.5, 0.6) is 0 Å². The van der Waals surface area contributed by atoms with Gasteiger partial charge in [-0.1, -0.05) is 10.0 Å². The van der Waals surface area contributed by atoms with Crippen molar-refractivity contribution < 1.29 is 16.5 Å². The molecule has 2 aliphatic rings. The second-order valence-electron chi connectivity index (χ2n) is 4.09. The molecule has 19 heavy (non-hydrogen) atoms. The first-order valence-electron chi connectivity index (χ1n) is 5.15. The fraction of sp³-hybridized carbons (Fsp3) is 0.500. The van der Waals surface area contributed by atoms with Crippen molar-refractivity contribution in [1.82, 2.24) is 29.8 Å². The van der Waals surface area contributed by atoms with E-state index < -0.39 is 0 Å². The molecule has 0 atom stereocenters. The molecule has 114 valence electrons. The van der Waals surface area contributed by atoms with Gasteiger partial charge in [-0.05, 0) is 0 Å². The molecular weight excluding hydrogens is 287 g/mol. The number of hydrogen-bond acceptors (Lipinski definition) is 6. The molecule has 6 nitrogen and oxygen atoms in total. The van der Waals surface area contributed by atoms with E-state index in [2.05, 4.69) is 0 Å². The van der Waals surface area contributed by atoms with Crippen LogP contribution < -0.4 is 0 Å². The first-order valence-corrected chi connectivity index (χ1v) is 5.15. The van der Waals surface area contributed by atoms with E-state index in [1.807, 2.05) is 98.8 Å². The molecule has 2 radical (unpaired) electrons. The molecule has 0 aliphatic carbocycles. The van der Waals surface area contributed by atoms with Gasteiger partial charge in [-0.25, -0.2) is 0 Å². The van der Waals surface area contributed by atoms with Gasteiger partial charge in [-0.2, -0.15) is 10.0 Å². The van der Waals surface area contributed by atoms with Crippen LogP contribution in [0.1, 0.15) is 0 Å². The third kappa shape index (κ3) is 7.99. The topological polar surface area (TPSA) is 19.4 Å². The predicted octanol–water partition coefficient (Wildman–Crippen LogP) is 0.796. The Morgan fingerprint density at radius 2 is 0.895 bits per heavy atom. The number of rotatable bonds is 0. The Morgan fingerprint density at radius 3 is 0.947 bits per heavy atom. The van der Waals surface area contributed by atoms with E-state index in [-0.39, 0.29) is 31.3 Å². The van der Waals surface area contributed by atoms with Gasteiger partial charge in [0.05, 0.1) is 0 Å². The number of hydrazine groups is 2. The summed E-state index contributed by atoms with van der Waals surface area (Å²) < 4.78 is 0. The van der Waals surface area contributed by atoms with E-state index in [0.717, 1.165) is 0 Å². The van der Waals surface area contributed by atoms with Crippen molar-refractivity contribution in [2.45, 2.75) is 0 Å². The molecule has 2 aliphatic heterocycles. The van der Waals surface area contributed by atoms with Gasteiger partial charge in [0, 0.05) is 42.3 Å². The molecule has 0 N–H and O–H groups in total. The van der Waals surface area contributed by atoms with E-state index in [0.29, 0.717) is 0 Å². The third-order valence-corrected chi connectivity index (χ3v) is 2.39. The second-order valence-corrected chi connectivity index (χ2v) is 4.09. The van der Waals surface area contributed by atoms with Crippen LogP contribution in [0.15, 0.2) is 0 Å². The van der Waals surface area contributed by atoms with E-state index in [1.165, 1.54) is 0 Å². The van der Waals surface area contributed by atoms with Gasteiger partial charge in [0.1, 0.15) is 0 Å². The van der Waals surface area contributed by atoms with Crippen molar-refractivity contribution >= 4 is 0 Å². The first-order chi connectivity index (χ1) is 7.40. The summed E-state index contributed by atoms with van der Waals surface area (Å²) in [7, 11) is 12.0. The number of nitrogens with zero attached hydrogens (tertiary/aromatic N) is 6. The summed E-state index contributed by atoms with van der Waals surface area (Å²) in [4.78, 5) is 4.00. The summed E-state index contributed by atoms with van der Waals surface area (Å²) >= 11 is 0. The normalized spacial score (nSPS) is 22.2. The van der Waals surface area contributed by atoms with E-state index in [4.69, 9.17) is 0 Å². The Hall–Kier alpha value is -0.00649. The summed E-state index contributed by atoms with van der Waals surface area (Å²) in [6.45, 7) is 8.00.